The van der Waals surface area contributed by atoms with Gasteiger partial charge in [0.15, 0.2) is 5.78 Å². The average molecular weight is 253 g/mol. The van der Waals surface area contributed by atoms with Gasteiger partial charge in [0.25, 0.3) is 0 Å². The molecule has 0 unspecified atom stereocenters. The topological polar surface area (TPSA) is 26.3 Å². The van der Waals surface area contributed by atoms with E-state index in [2.05, 4.69) is 21.9 Å². The smallest absolute Gasteiger partial charge is 0.174 e. The van der Waals surface area contributed by atoms with E-state index in [4.69, 9.17) is 11.2 Å². The Morgan fingerprint density at radius 2 is 2.36 bits per heavy atom. The van der Waals surface area contributed by atoms with Crippen molar-refractivity contribution in [3.63, 3.8) is 0 Å². The molecule has 72 valence electrons. The molecule has 0 aliphatic rings. The van der Waals surface area contributed by atoms with Crippen molar-refractivity contribution in [1.29, 1.82) is 0 Å². The van der Waals surface area contributed by atoms with Crippen molar-refractivity contribution in [1.82, 2.24) is 0 Å². The molecule has 0 saturated carbocycles. The molecule has 0 heterocycles. The molecule has 0 saturated heterocycles. The SMILES string of the molecule is C#CCC(=O)c1ccc(OC)c(Br)c1. The van der Waals surface area contributed by atoms with Crippen LogP contribution in [0.1, 0.15) is 16.8 Å². The van der Waals surface area contributed by atoms with Crippen molar-refractivity contribution in [3.8, 4) is 18.1 Å². The number of ether oxygens (including phenoxy) is 1. The first-order chi connectivity index (χ1) is 6.69. The standard InChI is InChI=1S/C11H9BrO2/c1-3-4-10(13)8-5-6-11(14-2)9(12)7-8/h1,5-7H,4H2,2H3. The minimum absolute atomic E-state index is 0.0594. The van der Waals surface area contributed by atoms with Crippen LogP contribution in [0.3, 0.4) is 0 Å². The third-order valence-corrected chi connectivity index (χ3v) is 2.36. The molecule has 0 amide bonds. The number of hydrogen-bond donors (Lipinski definition) is 0. The summed E-state index contributed by atoms with van der Waals surface area (Å²) < 4.78 is 5.79. The molecule has 0 aliphatic heterocycles. The van der Waals surface area contributed by atoms with Crippen molar-refractivity contribution >= 4 is 21.7 Å². The monoisotopic (exact) mass is 252 g/mol. The van der Waals surface area contributed by atoms with Crippen LogP contribution >= 0.6 is 15.9 Å². The Morgan fingerprint density at radius 3 is 2.86 bits per heavy atom. The van der Waals surface area contributed by atoms with E-state index >= 15 is 0 Å². The normalized spacial score (nSPS) is 9.21. The molecule has 2 nitrogen and oxygen atoms in total. The zero-order valence-electron chi connectivity index (χ0n) is 7.71. The number of ketones is 1. The van der Waals surface area contributed by atoms with Crippen LogP contribution in [0.25, 0.3) is 0 Å². The molecule has 0 bridgehead atoms. The van der Waals surface area contributed by atoms with Crippen molar-refractivity contribution in [2.75, 3.05) is 7.11 Å². The Labute approximate surface area is 91.4 Å². The molecule has 0 aliphatic carbocycles. The molecular weight excluding hydrogens is 244 g/mol. The highest BCUT2D eigenvalue weighted by Crippen LogP contribution is 2.25. The summed E-state index contributed by atoms with van der Waals surface area (Å²) in [6.45, 7) is 0. The number of benzene rings is 1. The summed E-state index contributed by atoms with van der Waals surface area (Å²) in [5, 5.41) is 0. The Bertz CT molecular complexity index is 391. The largest absolute Gasteiger partial charge is 0.496 e. The predicted molar refractivity (Wildman–Crippen MR) is 58.5 cm³/mol. The highest BCUT2D eigenvalue weighted by Gasteiger charge is 2.07. The quantitative estimate of drug-likeness (QED) is 0.611. The van der Waals surface area contributed by atoms with Gasteiger partial charge in [0.05, 0.1) is 18.0 Å². The van der Waals surface area contributed by atoms with Gasteiger partial charge in [-0.2, -0.15) is 0 Å². The first kappa shape index (κ1) is 10.8. The molecular formula is C11H9BrO2. The van der Waals surface area contributed by atoms with E-state index in [0.717, 1.165) is 4.47 Å². The number of carbonyl (C=O) groups is 1. The van der Waals surface area contributed by atoms with Gasteiger partial charge in [0, 0.05) is 5.56 Å². The van der Waals surface area contributed by atoms with Gasteiger partial charge in [-0.3, -0.25) is 4.79 Å². The number of Topliss-reactive ketones (excluding diaryl/α,β-unsaturated/α-hetero) is 1. The van der Waals surface area contributed by atoms with Crippen LogP contribution in [0.4, 0.5) is 0 Å². The number of methoxy groups -OCH3 is 1. The molecule has 3 heteroatoms. The van der Waals surface area contributed by atoms with E-state index in [1.54, 1.807) is 25.3 Å². The molecule has 0 aromatic heterocycles. The first-order valence-corrected chi connectivity index (χ1v) is 4.78. The van der Waals surface area contributed by atoms with E-state index in [-0.39, 0.29) is 12.2 Å². The fourth-order valence-corrected chi connectivity index (χ4v) is 1.58. The third kappa shape index (κ3) is 2.36. The molecule has 1 aromatic carbocycles. The molecule has 14 heavy (non-hydrogen) atoms. The predicted octanol–water partition coefficient (Wildman–Crippen LogP) is 2.66. The fraction of sp³-hybridized carbons (Fsp3) is 0.182. The van der Waals surface area contributed by atoms with Gasteiger partial charge >= 0.3 is 0 Å². The van der Waals surface area contributed by atoms with E-state index in [0.29, 0.717) is 11.3 Å². The summed E-state index contributed by atoms with van der Waals surface area (Å²) >= 11 is 3.30. The summed E-state index contributed by atoms with van der Waals surface area (Å²) in [6.07, 6.45) is 5.18. The van der Waals surface area contributed by atoms with Gasteiger partial charge in [0.2, 0.25) is 0 Å². The van der Waals surface area contributed by atoms with Crippen LogP contribution in [0.5, 0.6) is 5.75 Å². The maximum atomic E-state index is 11.4. The van der Waals surface area contributed by atoms with Gasteiger partial charge < -0.3 is 4.74 Å². The van der Waals surface area contributed by atoms with Crippen molar-refractivity contribution in [2.45, 2.75) is 6.42 Å². The summed E-state index contributed by atoms with van der Waals surface area (Å²) in [5.41, 5.74) is 0.593. The zero-order chi connectivity index (χ0) is 10.6. The van der Waals surface area contributed by atoms with Crippen LogP contribution in [0.2, 0.25) is 0 Å². The summed E-state index contributed by atoms with van der Waals surface area (Å²) in [7, 11) is 1.57. The van der Waals surface area contributed by atoms with Crippen LogP contribution in [-0.2, 0) is 0 Å². The van der Waals surface area contributed by atoms with Gasteiger partial charge in [-0.1, -0.05) is 5.92 Å². The minimum Gasteiger partial charge on any atom is -0.496 e. The van der Waals surface area contributed by atoms with Crippen LogP contribution in [0.15, 0.2) is 22.7 Å². The fourth-order valence-electron chi connectivity index (χ4n) is 1.03. The Morgan fingerprint density at radius 1 is 1.64 bits per heavy atom. The second-order valence-electron chi connectivity index (χ2n) is 2.65. The lowest BCUT2D eigenvalue weighted by molar-refractivity contribution is 0.0998. The molecule has 1 rings (SSSR count). The Balaban J connectivity index is 2.98. The average Bonchev–Trinajstić information content (AvgIpc) is 2.18. The van der Waals surface area contributed by atoms with Crippen LogP contribution in [-0.4, -0.2) is 12.9 Å². The lowest BCUT2D eigenvalue weighted by Gasteiger charge is -2.04. The molecule has 0 fully saturated rings. The zero-order valence-corrected chi connectivity index (χ0v) is 9.30. The minimum atomic E-state index is -0.0594. The highest BCUT2D eigenvalue weighted by molar-refractivity contribution is 9.10. The maximum Gasteiger partial charge on any atom is 0.174 e. The molecule has 0 N–H and O–H groups in total. The lowest BCUT2D eigenvalue weighted by atomic mass is 10.1. The molecule has 1 aromatic rings. The van der Waals surface area contributed by atoms with Crippen molar-refractivity contribution < 1.29 is 9.53 Å². The van der Waals surface area contributed by atoms with E-state index in [1.165, 1.54) is 0 Å². The van der Waals surface area contributed by atoms with Crippen molar-refractivity contribution in [2.24, 2.45) is 0 Å². The van der Waals surface area contributed by atoms with Gasteiger partial charge in [-0.25, -0.2) is 0 Å². The van der Waals surface area contributed by atoms with E-state index < -0.39 is 0 Å². The number of halogens is 1. The summed E-state index contributed by atoms with van der Waals surface area (Å²) in [4.78, 5) is 11.4. The van der Waals surface area contributed by atoms with Gasteiger partial charge in [-0.05, 0) is 34.1 Å². The first-order valence-electron chi connectivity index (χ1n) is 3.99. The number of hydrogen-bond acceptors (Lipinski definition) is 2. The number of rotatable bonds is 3. The molecule has 0 radical (unpaired) electrons. The lowest BCUT2D eigenvalue weighted by Crippen LogP contribution is -1.97. The number of carbonyl (C=O) groups excluding carboxylic acids is 1. The van der Waals surface area contributed by atoms with Crippen LogP contribution in [0, 0.1) is 12.3 Å². The second-order valence-corrected chi connectivity index (χ2v) is 3.51. The number of terminal acetylenes is 1. The van der Waals surface area contributed by atoms with Crippen molar-refractivity contribution in [3.05, 3.63) is 28.2 Å². The van der Waals surface area contributed by atoms with E-state index in [9.17, 15) is 4.79 Å². The summed E-state index contributed by atoms with van der Waals surface area (Å²) in [5.74, 6) is 2.96. The Hall–Kier alpha value is -1.27. The molecule has 0 atom stereocenters. The molecule has 0 spiro atoms. The second kappa shape index (κ2) is 4.83. The van der Waals surface area contributed by atoms with Crippen LogP contribution < -0.4 is 4.74 Å². The van der Waals surface area contributed by atoms with Gasteiger partial charge in [0.1, 0.15) is 5.75 Å². The highest BCUT2D eigenvalue weighted by atomic mass is 79.9. The Kier molecular flexibility index (Phi) is 3.73. The van der Waals surface area contributed by atoms with Gasteiger partial charge in [-0.15, -0.1) is 6.42 Å². The van der Waals surface area contributed by atoms with E-state index in [1.807, 2.05) is 0 Å². The third-order valence-electron chi connectivity index (χ3n) is 1.74. The summed E-state index contributed by atoms with van der Waals surface area (Å²) in [6, 6.07) is 5.13. The maximum absolute atomic E-state index is 11.4.